The quantitative estimate of drug-likeness (QED) is 0.883. The van der Waals surface area contributed by atoms with E-state index in [1.807, 2.05) is 0 Å². The molecule has 0 saturated carbocycles. The summed E-state index contributed by atoms with van der Waals surface area (Å²) in [6, 6.07) is 6.39. The van der Waals surface area contributed by atoms with Gasteiger partial charge in [0.15, 0.2) is 0 Å². The van der Waals surface area contributed by atoms with E-state index in [1.54, 1.807) is 13.0 Å². The van der Waals surface area contributed by atoms with Crippen molar-refractivity contribution in [3.05, 3.63) is 64.5 Å². The molecule has 22 heavy (non-hydrogen) atoms. The summed E-state index contributed by atoms with van der Waals surface area (Å²) in [4.78, 5) is 27.4. The Kier molecular flexibility index (Phi) is 3.99. The van der Waals surface area contributed by atoms with Gasteiger partial charge in [-0.2, -0.15) is 13.2 Å². The van der Waals surface area contributed by atoms with Crippen molar-refractivity contribution in [3.63, 3.8) is 0 Å². The van der Waals surface area contributed by atoms with Gasteiger partial charge in [0, 0.05) is 11.3 Å². The summed E-state index contributed by atoms with van der Waals surface area (Å²) in [6.45, 7) is 1.61. The molecule has 0 amide bonds. The Morgan fingerprint density at radius 3 is 2.32 bits per heavy atom. The molecule has 1 aromatic heterocycles. The topological polar surface area (TPSA) is 67.3 Å². The number of nitrogens with zero attached hydrogens (tertiary/aromatic N) is 1. The van der Waals surface area contributed by atoms with Gasteiger partial charge in [-0.3, -0.25) is 4.79 Å². The maximum atomic E-state index is 12.8. The first-order valence-electron chi connectivity index (χ1n) is 6.13. The van der Waals surface area contributed by atoms with E-state index in [0.717, 1.165) is 6.07 Å². The van der Waals surface area contributed by atoms with E-state index < -0.39 is 34.6 Å². The number of pyridine rings is 1. The Morgan fingerprint density at radius 1 is 1.09 bits per heavy atom. The highest BCUT2D eigenvalue weighted by Gasteiger charge is 2.32. The van der Waals surface area contributed by atoms with Gasteiger partial charge in [0.25, 0.3) is 0 Å². The molecule has 2 aromatic rings. The summed E-state index contributed by atoms with van der Waals surface area (Å²) >= 11 is 0. The second-order valence-electron chi connectivity index (χ2n) is 4.56. The minimum atomic E-state index is -4.67. The molecule has 0 aliphatic carbocycles. The predicted molar refractivity (Wildman–Crippen MR) is 70.8 cm³/mol. The van der Waals surface area contributed by atoms with Crippen LogP contribution in [-0.4, -0.2) is 21.8 Å². The fourth-order valence-electron chi connectivity index (χ4n) is 1.90. The lowest BCUT2D eigenvalue weighted by Gasteiger charge is -2.11. The van der Waals surface area contributed by atoms with E-state index >= 15 is 0 Å². The number of rotatable bonds is 3. The molecule has 0 fully saturated rings. The fraction of sp³-hybridized carbons (Fsp3) is 0.133. The molecular formula is C15H10F3NO3. The van der Waals surface area contributed by atoms with Crippen molar-refractivity contribution in [2.45, 2.75) is 13.1 Å². The van der Waals surface area contributed by atoms with Gasteiger partial charge >= 0.3 is 12.1 Å². The van der Waals surface area contributed by atoms with Gasteiger partial charge in [0.2, 0.25) is 5.78 Å². The first-order chi connectivity index (χ1) is 10.2. The average molecular weight is 309 g/mol. The molecule has 1 heterocycles. The van der Waals surface area contributed by atoms with Crippen molar-refractivity contribution in [1.82, 2.24) is 4.98 Å². The van der Waals surface area contributed by atoms with Crippen LogP contribution in [0, 0.1) is 6.92 Å². The summed E-state index contributed by atoms with van der Waals surface area (Å²) in [6.07, 6.45) is -4.67. The lowest BCUT2D eigenvalue weighted by molar-refractivity contribution is -0.137. The maximum Gasteiger partial charge on any atom is 0.416 e. The van der Waals surface area contributed by atoms with Crippen molar-refractivity contribution in [1.29, 1.82) is 0 Å². The highest BCUT2D eigenvalue weighted by atomic mass is 19.4. The molecule has 7 heteroatoms. The van der Waals surface area contributed by atoms with Crippen LogP contribution in [0.1, 0.15) is 37.7 Å². The number of aromatic carboxylic acids is 1. The van der Waals surface area contributed by atoms with E-state index in [2.05, 4.69) is 4.98 Å². The highest BCUT2D eigenvalue weighted by Crippen LogP contribution is 2.31. The summed E-state index contributed by atoms with van der Waals surface area (Å²) < 4.78 is 38.3. The highest BCUT2D eigenvalue weighted by molar-refractivity contribution is 6.13. The molecule has 0 saturated heterocycles. The van der Waals surface area contributed by atoms with Crippen LogP contribution in [0.2, 0.25) is 0 Å². The molecule has 1 N–H and O–H groups in total. The van der Waals surface area contributed by atoms with Crippen molar-refractivity contribution in [3.8, 4) is 0 Å². The molecule has 1 aromatic carbocycles. The molecule has 0 aliphatic heterocycles. The fourth-order valence-corrected chi connectivity index (χ4v) is 1.90. The molecule has 0 spiro atoms. The molecular weight excluding hydrogens is 299 g/mol. The average Bonchev–Trinajstić information content (AvgIpc) is 2.44. The standard InChI is InChI=1S/C15H10F3NO3/c1-8-3-2-4-12(19-8)13(20)11-7-9(15(16,17)18)5-6-10(11)14(21)22/h2-7H,1H3,(H,21,22). The number of carboxylic acid groups (broad SMARTS) is 1. The molecule has 4 nitrogen and oxygen atoms in total. The van der Waals surface area contributed by atoms with E-state index in [-0.39, 0.29) is 5.69 Å². The summed E-state index contributed by atoms with van der Waals surface area (Å²) in [5.41, 5.74) is -1.74. The molecule has 2 rings (SSSR count). The predicted octanol–water partition coefficient (Wildman–Crippen LogP) is 3.34. The van der Waals surface area contributed by atoms with Gasteiger partial charge in [0.1, 0.15) is 5.69 Å². The van der Waals surface area contributed by atoms with Crippen LogP contribution < -0.4 is 0 Å². The van der Waals surface area contributed by atoms with Crippen molar-refractivity contribution in [2.24, 2.45) is 0 Å². The number of hydrogen-bond acceptors (Lipinski definition) is 3. The third kappa shape index (κ3) is 3.13. The van der Waals surface area contributed by atoms with Crippen LogP contribution >= 0.6 is 0 Å². The Balaban J connectivity index is 2.61. The van der Waals surface area contributed by atoms with E-state index in [1.165, 1.54) is 12.1 Å². The van der Waals surface area contributed by atoms with Crippen LogP contribution in [0.3, 0.4) is 0 Å². The van der Waals surface area contributed by atoms with Gasteiger partial charge in [-0.1, -0.05) is 6.07 Å². The van der Waals surface area contributed by atoms with Gasteiger partial charge in [-0.05, 0) is 37.3 Å². The number of aryl methyl sites for hydroxylation is 1. The third-order valence-electron chi connectivity index (χ3n) is 2.94. The Bertz CT molecular complexity index is 754. The molecule has 0 atom stereocenters. The Morgan fingerprint density at radius 2 is 1.77 bits per heavy atom. The van der Waals surface area contributed by atoms with Crippen molar-refractivity contribution in [2.75, 3.05) is 0 Å². The zero-order chi connectivity index (χ0) is 16.5. The van der Waals surface area contributed by atoms with E-state index in [0.29, 0.717) is 17.8 Å². The van der Waals surface area contributed by atoms with Crippen LogP contribution in [0.25, 0.3) is 0 Å². The number of carbonyl (C=O) groups is 2. The minimum Gasteiger partial charge on any atom is -0.478 e. The first kappa shape index (κ1) is 15.7. The number of benzene rings is 1. The van der Waals surface area contributed by atoms with Gasteiger partial charge in [-0.25, -0.2) is 9.78 Å². The molecule has 0 bridgehead atoms. The maximum absolute atomic E-state index is 12.8. The summed E-state index contributed by atoms with van der Waals surface area (Å²) in [7, 11) is 0. The van der Waals surface area contributed by atoms with Crippen LogP contribution in [0.15, 0.2) is 36.4 Å². The normalized spacial score (nSPS) is 11.3. The lowest BCUT2D eigenvalue weighted by Crippen LogP contribution is -2.14. The lowest BCUT2D eigenvalue weighted by atomic mass is 9.98. The van der Waals surface area contributed by atoms with E-state index in [4.69, 9.17) is 5.11 Å². The largest absolute Gasteiger partial charge is 0.478 e. The Hall–Kier alpha value is -2.70. The number of ketones is 1. The van der Waals surface area contributed by atoms with Crippen molar-refractivity contribution < 1.29 is 27.9 Å². The summed E-state index contributed by atoms with van der Waals surface area (Å²) in [5.74, 6) is -2.35. The van der Waals surface area contributed by atoms with Crippen LogP contribution in [0.4, 0.5) is 13.2 Å². The number of aromatic nitrogens is 1. The number of hydrogen-bond donors (Lipinski definition) is 1. The second kappa shape index (κ2) is 5.59. The van der Waals surface area contributed by atoms with Crippen LogP contribution in [-0.2, 0) is 6.18 Å². The third-order valence-corrected chi connectivity index (χ3v) is 2.94. The summed E-state index contributed by atoms with van der Waals surface area (Å²) in [5, 5.41) is 9.06. The molecule has 0 radical (unpaired) electrons. The smallest absolute Gasteiger partial charge is 0.416 e. The SMILES string of the molecule is Cc1cccc(C(=O)c2cc(C(F)(F)F)ccc2C(=O)O)n1. The van der Waals surface area contributed by atoms with Crippen LogP contribution in [0.5, 0.6) is 0 Å². The van der Waals surface area contributed by atoms with Gasteiger partial charge < -0.3 is 5.11 Å². The van der Waals surface area contributed by atoms with Crippen molar-refractivity contribution >= 4 is 11.8 Å². The Labute approximate surface area is 123 Å². The number of halogens is 3. The first-order valence-corrected chi connectivity index (χ1v) is 6.13. The zero-order valence-electron chi connectivity index (χ0n) is 11.3. The molecule has 0 aliphatic rings. The zero-order valence-corrected chi connectivity index (χ0v) is 11.3. The molecule has 114 valence electrons. The number of carbonyl (C=O) groups excluding carboxylic acids is 1. The number of carboxylic acids is 1. The number of alkyl halides is 3. The second-order valence-corrected chi connectivity index (χ2v) is 4.56. The molecule has 0 unspecified atom stereocenters. The minimum absolute atomic E-state index is 0.109. The van der Waals surface area contributed by atoms with Gasteiger partial charge in [-0.15, -0.1) is 0 Å². The van der Waals surface area contributed by atoms with Gasteiger partial charge in [0.05, 0.1) is 11.1 Å². The van der Waals surface area contributed by atoms with E-state index in [9.17, 15) is 22.8 Å². The monoisotopic (exact) mass is 309 g/mol.